The normalized spacial score (nSPS) is 17.2. The SMILES string of the molecule is O=C(Nc1ncc(Cc2cccc(Cl)c2Cl)s1)C1CC(=O)N(CC(F)(F)F)C1. The van der Waals surface area contributed by atoms with Crippen LogP contribution in [-0.2, 0) is 16.0 Å². The lowest BCUT2D eigenvalue weighted by Crippen LogP contribution is -2.36. The van der Waals surface area contributed by atoms with Gasteiger partial charge in [0.05, 0.1) is 16.0 Å². The van der Waals surface area contributed by atoms with E-state index in [2.05, 4.69) is 10.3 Å². The van der Waals surface area contributed by atoms with Crippen LogP contribution < -0.4 is 5.32 Å². The molecule has 1 fully saturated rings. The summed E-state index contributed by atoms with van der Waals surface area (Å²) in [6, 6.07) is 5.28. The van der Waals surface area contributed by atoms with Gasteiger partial charge in [0.2, 0.25) is 11.8 Å². The number of hydrogen-bond acceptors (Lipinski definition) is 4. The molecule has 1 saturated heterocycles. The maximum absolute atomic E-state index is 12.5. The molecule has 1 N–H and O–H groups in total. The number of amides is 2. The number of rotatable bonds is 5. The zero-order valence-corrected chi connectivity index (χ0v) is 16.6. The molecule has 0 bridgehead atoms. The fourth-order valence-corrected chi connectivity index (χ4v) is 4.07. The molecule has 1 aliphatic heterocycles. The van der Waals surface area contributed by atoms with E-state index in [9.17, 15) is 22.8 Å². The minimum absolute atomic E-state index is 0.252. The van der Waals surface area contributed by atoms with E-state index in [0.29, 0.717) is 26.5 Å². The van der Waals surface area contributed by atoms with E-state index in [0.717, 1.165) is 10.4 Å². The number of thiazole rings is 1. The number of benzene rings is 1. The van der Waals surface area contributed by atoms with Gasteiger partial charge in [-0.2, -0.15) is 13.2 Å². The summed E-state index contributed by atoms with van der Waals surface area (Å²) in [5.74, 6) is -2.06. The van der Waals surface area contributed by atoms with E-state index < -0.39 is 30.5 Å². The van der Waals surface area contributed by atoms with Crippen molar-refractivity contribution < 1.29 is 22.8 Å². The van der Waals surface area contributed by atoms with E-state index in [1.807, 2.05) is 6.07 Å². The molecule has 3 rings (SSSR count). The van der Waals surface area contributed by atoms with Crippen molar-refractivity contribution in [2.75, 3.05) is 18.4 Å². The van der Waals surface area contributed by atoms with E-state index >= 15 is 0 Å². The van der Waals surface area contributed by atoms with Gasteiger partial charge in [-0.15, -0.1) is 11.3 Å². The Hall–Kier alpha value is -1.84. The predicted octanol–water partition coefficient (Wildman–Crippen LogP) is 4.39. The minimum atomic E-state index is -4.49. The number of halogens is 5. The number of nitrogens with zero attached hydrogens (tertiary/aromatic N) is 2. The van der Waals surface area contributed by atoms with Crippen LogP contribution in [0.3, 0.4) is 0 Å². The number of likely N-dealkylation sites (tertiary alicyclic amines) is 1. The molecule has 1 aliphatic rings. The van der Waals surface area contributed by atoms with Gasteiger partial charge in [-0.05, 0) is 11.6 Å². The molecule has 2 amide bonds. The zero-order chi connectivity index (χ0) is 20.5. The van der Waals surface area contributed by atoms with Gasteiger partial charge in [0.15, 0.2) is 5.13 Å². The Morgan fingerprint density at radius 2 is 2.11 bits per heavy atom. The largest absolute Gasteiger partial charge is 0.406 e. The Morgan fingerprint density at radius 3 is 2.82 bits per heavy atom. The van der Waals surface area contributed by atoms with Crippen LogP contribution in [0.1, 0.15) is 16.9 Å². The van der Waals surface area contributed by atoms with Gasteiger partial charge in [-0.3, -0.25) is 9.59 Å². The maximum Gasteiger partial charge on any atom is 0.406 e. The van der Waals surface area contributed by atoms with Gasteiger partial charge in [-0.1, -0.05) is 35.3 Å². The summed E-state index contributed by atoms with van der Waals surface area (Å²) in [6.07, 6.45) is -2.70. The van der Waals surface area contributed by atoms with Crippen LogP contribution in [0, 0.1) is 5.92 Å². The molecule has 0 aliphatic carbocycles. The number of carbonyl (C=O) groups excluding carboxylic acids is 2. The molecule has 0 spiro atoms. The van der Waals surface area contributed by atoms with Crippen molar-refractivity contribution in [3.63, 3.8) is 0 Å². The summed E-state index contributed by atoms with van der Waals surface area (Å²) in [5.41, 5.74) is 0.805. The van der Waals surface area contributed by atoms with Gasteiger partial charge in [0.1, 0.15) is 6.54 Å². The summed E-state index contributed by atoms with van der Waals surface area (Å²) in [7, 11) is 0. The molecule has 2 aromatic rings. The second-order valence-corrected chi connectivity index (χ2v) is 8.20. The van der Waals surface area contributed by atoms with E-state index in [1.54, 1.807) is 18.3 Å². The molecule has 1 atom stereocenters. The third kappa shape index (κ3) is 5.15. The Bertz CT molecular complexity index is 904. The molecular formula is C17H14Cl2F3N3O2S. The summed E-state index contributed by atoms with van der Waals surface area (Å²) < 4.78 is 37.4. The van der Waals surface area contributed by atoms with Crippen LogP contribution in [0.15, 0.2) is 24.4 Å². The van der Waals surface area contributed by atoms with Crippen LogP contribution in [0.5, 0.6) is 0 Å². The van der Waals surface area contributed by atoms with Crippen molar-refractivity contribution in [3.8, 4) is 0 Å². The van der Waals surface area contributed by atoms with Gasteiger partial charge in [-0.25, -0.2) is 4.98 Å². The van der Waals surface area contributed by atoms with Gasteiger partial charge >= 0.3 is 6.18 Å². The first kappa shape index (κ1) is 20.9. The average molecular weight is 452 g/mol. The molecule has 0 saturated carbocycles. The predicted molar refractivity (Wildman–Crippen MR) is 101 cm³/mol. The standard InChI is InChI=1S/C17H14Cl2F3N3O2S/c18-12-3-1-2-9(14(12)19)4-11-6-23-16(28-11)24-15(27)10-5-13(26)25(7-10)8-17(20,21)22/h1-3,6,10H,4-5,7-8H2,(H,23,24,27). The average Bonchev–Trinajstić information content (AvgIpc) is 3.17. The summed E-state index contributed by atoms with van der Waals surface area (Å²) >= 11 is 13.4. The molecule has 1 aromatic heterocycles. The molecular weight excluding hydrogens is 438 g/mol. The van der Waals surface area contributed by atoms with Crippen LogP contribution in [-0.4, -0.2) is 41.0 Å². The summed E-state index contributed by atoms with van der Waals surface area (Å²) in [5, 5.41) is 3.75. The lowest BCUT2D eigenvalue weighted by Gasteiger charge is -2.18. The van der Waals surface area contributed by atoms with Crippen molar-refractivity contribution in [1.29, 1.82) is 0 Å². The Balaban J connectivity index is 1.60. The topological polar surface area (TPSA) is 62.3 Å². The first-order chi connectivity index (χ1) is 13.1. The number of carbonyl (C=O) groups is 2. The monoisotopic (exact) mass is 451 g/mol. The fraction of sp³-hybridized carbons (Fsp3) is 0.353. The Morgan fingerprint density at radius 1 is 1.36 bits per heavy atom. The van der Waals surface area contributed by atoms with Crippen molar-refractivity contribution in [3.05, 3.63) is 44.9 Å². The van der Waals surface area contributed by atoms with Crippen LogP contribution in [0.2, 0.25) is 10.0 Å². The molecule has 2 heterocycles. The molecule has 11 heteroatoms. The van der Waals surface area contributed by atoms with E-state index in [4.69, 9.17) is 23.2 Å². The summed E-state index contributed by atoms with van der Waals surface area (Å²) in [6.45, 7) is -1.61. The second-order valence-electron chi connectivity index (χ2n) is 6.30. The Kier molecular flexibility index (Phi) is 6.16. The second kappa shape index (κ2) is 8.26. The highest BCUT2D eigenvalue weighted by atomic mass is 35.5. The number of hydrogen-bond donors (Lipinski definition) is 1. The fourth-order valence-electron chi connectivity index (χ4n) is 2.84. The number of nitrogens with one attached hydrogen (secondary N) is 1. The van der Waals surface area contributed by atoms with Crippen molar-refractivity contribution >= 4 is 51.5 Å². The first-order valence-electron chi connectivity index (χ1n) is 8.15. The number of aromatic nitrogens is 1. The van der Waals surface area contributed by atoms with Gasteiger partial charge < -0.3 is 10.2 Å². The van der Waals surface area contributed by atoms with Crippen molar-refractivity contribution in [2.45, 2.75) is 19.0 Å². The maximum atomic E-state index is 12.5. The highest BCUT2D eigenvalue weighted by Crippen LogP contribution is 2.30. The van der Waals surface area contributed by atoms with Crippen LogP contribution >= 0.6 is 34.5 Å². The molecule has 0 radical (unpaired) electrons. The molecule has 1 unspecified atom stereocenters. The van der Waals surface area contributed by atoms with Gasteiger partial charge in [0.25, 0.3) is 0 Å². The van der Waals surface area contributed by atoms with Crippen molar-refractivity contribution in [2.24, 2.45) is 5.92 Å². The third-order valence-corrected chi connectivity index (χ3v) is 5.91. The summed E-state index contributed by atoms with van der Waals surface area (Å²) in [4.78, 5) is 29.6. The molecule has 5 nitrogen and oxygen atoms in total. The molecule has 28 heavy (non-hydrogen) atoms. The minimum Gasteiger partial charge on any atom is -0.333 e. The third-order valence-electron chi connectivity index (χ3n) is 4.14. The number of anilines is 1. The van der Waals surface area contributed by atoms with Crippen LogP contribution in [0.25, 0.3) is 0 Å². The smallest absolute Gasteiger partial charge is 0.333 e. The lowest BCUT2D eigenvalue weighted by atomic mass is 10.1. The van der Waals surface area contributed by atoms with E-state index in [1.165, 1.54) is 11.3 Å². The van der Waals surface area contributed by atoms with E-state index in [-0.39, 0.29) is 13.0 Å². The van der Waals surface area contributed by atoms with Gasteiger partial charge in [0, 0.05) is 30.5 Å². The van der Waals surface area contributed by atoms with Crippen molar-refractivity contribution in [1.82, 2.24) is 9.88 Å². The molecule has 1 aromatic carbocycles. The Labute approximate surface area is 172 Å². The number of alkyl halides is 3. The lowest BCUT2D eigenvalue weighted by molar-refractivity contribution is -0.157. The highest BCUT2D eigenvalue weighted by Gasteiger charge is 2.40. The highest BCUT2D eigenvalue weighted by molar-refractivity contribution is 7.15. The zero-order valence-electron chi connectivity index (χ0n) is 14.2. The first-order valence-corrected chi connectivity index (χ1v) is 9.72. The molecule has 150 valence electrons. The quantitative estimate of drug-likeness (QED) is 0.732. The van der Waals surface area contributed by atoms with Crippen LogP contribution in [0.4, 0.5) is 18.3 Å².